The van der Waals surface area contributed by atoms with E-state index in [9.17, 15) is 0 Å². The summed E-state index contributed by atoms with van der Waals surface area (Å²) >= 11 is 3.62. The molecule has 0 spiro atoms. The Balaban J connectivity index is 2.14. The summed E-state index contributed by atoms with van der Waals surface area (Å²) in [4.78, 5) is 0. The summed E-state index contributed by atoms with van der Waals surface area (Å²) < 4.78 is 1.19. The highest BCUT2D eigenvalue weighted by atomic mass is 79.9. The van der Waals surface area contributed by atoms with Crippen molar-refractivity contribution in [1.29, 1.82) is 0 Å². The van der Waals surface area contributed by atoms with E-state index in [4.69, 9.17) is 5.73 Å². The number of nitrogens with two attached hydrogens (primary N) is 1. The Bertz CT molecular complexity index is 378. The Morgan fingerprint density at radius 1 is 1.24 bits per heavy atom. The van der Waals surface area contributed by atoms with E-state index in [1.807, 2.05) is 0 Å². The summed E-state index contributed by atoms with van der Waals surface area (Å²) in [6, 6.07) is 8.44. The smallest absolute Gasteiger partial charge is 0.0207 e. The fourth-order valence-corrected chi connectivity index (χ4v) is 3.92. The Labute approximate surface area is 113 Å². The van der Waals surface area contributed by atoms with Gasteiger partial charge in [-0.25, -0.2) is 0 Å². The van der Waals surface area contributed by atoms with E-state index >= 15 is 0 Å². The van der Waals surface area contributed by atoms with E-state index in [0.717, 1.165) is 31.1 Å². The molecule has 0 aromatic heterocycles. The number of benzene rings is 1. The first-order valence-corrected chi connectivity index (χ1v) is 7.30. The quantitative estimate of drug-likeness (QED) is 0.872. The minimum Gasteiger partial charge on any atom is -0.325 e. The monoisotopic (exact) mass is 295 g/mol. The minimum absolute atomic E-state index is 0.0129. The summed E-state index contributed by atoms with van der Waals surface area (Å²) in [6.45, 7) is 4.66. The van der Waals surface area contributed by atoms with Crippen molar-refractivity contribution in [1.82, 2.24) is 0 Å². The lowest BCUT2D eigenvalue weighted by atomic mass is 9.70. The van der Waals surface area contributed by atoms with Crippen LogP contribution in [-0.4, -0.2) is 5.54 Å². The van der Waals surface area contributed by atoms with Gasteiger partial charge in [0.2, 0.25) is 0 Å². The highest BCUT2D eigenvalue weighted by molar-refractivity contribution is 9.10. The SMILES string of the molecule is CC1CC(C)CC(N)(Cc2ccccc2Br)C1. The summed E-state index contributed by atoms with van der Waals surface area (Å²) in [5, 5.41) is 0. The molecule has 1 aliphatic rings. The molecular formula is C15H22BrN. The van der Waals surface area contributed by atoms with Gasteiger partial charge in [0.1, 0.15) is 0 Å². The molecule has 2 unspecified atom stereocenters. The Hall–Kier alpha value is -0.340. The molecule has 1 saturated carbocycles. The zero-order valence-electron chi connectivity index (χ0n) is 10.7. The molecule has 0 saturated heterocycles. The first-order chi connectivity index (χ1) is 7.98. The van der Waals surface area contributed by atoms with Gasteiger partial charge in [-0.2, -0.15) is 0 Å². The van der Waals surface area contributed by atoms with Crippen LogP contribution in [0, 0.1) is 11.8 Å². The van der Waals surface area contributed by atoms with Crippen LogP contribution in [0.2, 0.25) is 0 Å². The van der Waals surface area contributed by atoms with Crippen LogP contribution in [0.4, 0.5) is 0 Å². The van der Waals surface area contributed by atoms with Crippen LogP contribution < -0.4 is 5.73 Å². The van der Waals surface area contributed by atoms with Gasteiger partial charge in [-0.1, -0.05) is 48.0 Å². The lowest BCUT2D eigenvalue weighted by Gasteiger charge is -2.40. The van der Waals surface area contributed by atoms with Crippen molar-refractivity contribution in [2.75, 3.05) is 0 Å². The van der Waals surface area contributed by atoms with Gasteiger partial charge >= 0.3 is 0 Å². The molecule has 1 aromatic rings. The third-order valence-electron chi connectivity index (χ3n) is 3.82. The van der Waals surface area contributed by atoms with Gasteiger partial charge in [0, 0.05) is 10.0 Å². The number of halogens is 1. The van der Waals surface area contributed by atoms with E-state index < -0.39 is 0 Å². The van der Waals surface area contributed by atoms with Crippen molar-refractivity contribution in [2.45, 2.75) is 45.1 Å². The molecule has 94 valence electrons. The minimum atomic E-state index is -0.0129. The Morgan fingerprint density at radius 2 is 1.82 bits per heavy atom. The van der Waals surface area contributed by atoms with Crippen LogP contribution in [-0.2, 0) is 6.42 Å². The summed E-state index contributed by atoms with van der Waals surface area (Å²) in [5.74, 6) is 1.51. The molecule has 2 rings (SSSR count). The molecule has 1 aromatic carbocycles. The van der Waals surface area contributed by atoms with Crippen molar-refractivity contribution in [3.05, 3.63) is 34.3 Å². The predicted molar refractivity (Wildman–Crippen MR) is 76.9 cm³/mol. The summed E-state index contributed by atoms with van der Waals surface area (Å²) in [7, 11) is 0. The number of hydrogen-bond acceptors (Lipinski definition) is 1. The van der Waals surface area contributed by atoms with Crippen LogP contribution in [0.25, 0.3) is 0 Å². The zero-order chi connectivity index (χ0) is 12.5. The second kappa shape index (κ2) is 5.11. The highest BCUT2D eigenvalue weighted by Crippen LogP contribution is 2.37. The molecule has 17 heavy (non-hydrogen) atoms. The molecule has 2 atom stereocenters. The maximum absolute atomic E-state index is 6.62. The van der Waals surface area contributed by atoms with Gasteiger partial charge < -0.3 is 5.73 Å². The molecule has 0 bridgehead atoms. The van der Waals surface area contributed by atoms with Gasteiger partial charge in [-0.05, 0) is 49.1 Å². The largest absolute Gasteiger partial charge is 0.325 e. The van der Waals surface area contributed by atoms with Crippen LogP contribution >= 0.6 is 15.9 Å². The van der Waals surface area contributed by atoms with Crippen LogP contribution in [0.3, 0.4) is 0 Å². The van der Waals surface area contributed by atoms with Gasteiger partial charge in [-0.3, -0.25) is 0 Å². The molecule has 0 amide bonds. The molecule has 1 aliphatic carbocycles. The van der Waals surface area contributed by atoms with E-state index in [1.165, 1.54) is 16.5 Å². The fraction of sp³-hybridized carbons (Fsp3) is 0.600. The van der Waals surface area contributed by atoms with Crippen molar-refractivity contribution in [3.63, 3.8) is 0 Å². The lowest BCUT2D eigenvalue weighted by molar-refractivity contribution is 0.182. The maximum Gasteiger partial charge on any atom is 0.0207 e. The van der Waals surface area contributed by atoms with E-state index in [0.29, 0.717) is 0 Å². The van der Waals surface area contributed by atoms with Crippen molar-refractivity contribution >= 4 is 15.9 Å². The molecule has 0 heterocycles. The van der Waals surface area contributed by atoms with Crippen LogP contribution in [0.15, 0.2) is 28.7 Å². The van der Waals surface area contributed by atoms with Gasteiger partial charge in [0.25, 0.3) is 0 Å². The molecular weight excluding hydrogens is 274 g/mol. The predicted octanol–water partition coefficient (Wildman–Crippen LogP) is 4.15. The Morgan fingerprint density at radius 3 is 2.41 bits per heavy atom. The van der Waals surface area contributed by atoms with E-state index in [-0.39, 0.29) is 5.54 Å². The van der Waals surface area contributed by atoms with Gasteiger partial charge in [0.05, 0.1) is 0 Å². The van der Waals surface area contributed by atoms with Gasteiger partial charge in [-0.15, -0.1) is 0 Å². The number of rotatable bonds is 2. The molecule has 0 radical (unpaired) electrons. The second-order valence-electron chi connectivity index (χ2n) is 5.98. The third-order valence-corrected chi connectivity index (χ3v) is 4.59. The summed E-state index contributed by atoms with van der Waals surface area (Å²) in [6.07, 6.45) is 4.62. The Kier molecular flexibility index (Phi) is 3.94. The molecule has 1 nitrogen and oxygen atoms in total. The molecule has 1 fully saturated rings. The standard InChI is InChI=1S/C15H22BrN/c1-11-7-12(2)9-15(17,8-11)10-13-5-3-4-6-14(13)16/h3-6,11-12H,7-10,17H2,1-2H3. The van der Waals surface area contributed by atoms with Crippen molar-refractivity contribution in [3.8, 4) is 0 Å². The normalized spacial score (nSPS) is 33.6. The van der Waals surface area contributed by atoms with Crippen LogP contribution in [0.1, 0.15) is 38.7 Å². The number of hydrogen-bond donors (Lipinski definition) is 1. The summed E-state index contributed by atoms with van der Waals surface area (Å²) in [5.41, 5.74) is 7.95. The lowest BCUT2D eigenvalue weighted by Crippen LogP contribution is -2.48. The van der Waals surface area contributed by atoms with Gasteiger partial charge in [0.15, 0.2) is 0 Å². The topological polar surface area (TPSA) is 26.0 Å². The van der Waals surface area contributed by atoms with Crippen molar-refractivity contribution < 1.29 is 0 Å². The zero-order valence-corrected chi connectivity index (χ0v) is 12.3. The third kappa shape index (κ3) is 3.32. The fourth-order valence-electron chi connectivity index (χ4n) is 3.49. The maximum atomic E-state index is 6.62. The molecule has 2 N–H and O–H groups in total. The molecule has 0 aliphatic heterocycles. The first-order valence-electron chi connectivity index (χ1n) is 6.51. The van der Waals surface area contributed by atoms with E-state index in [2.05, 4.69) is 54.0 Å². The second-order valence-corrected chi connectivity index (χ2v) is 6.84. The average Bonchev–Trinajstić information content (AvgIpc) is 2.19. The van der Waals surface area contributed by atoms with Crippen LogP contribution in [0.5, 0.6) is 0 Å². The van der Waals surface area contributed by atoms with E-state index in [1.54, 1.807) is 0 Å². The highest BCUT2D eigenvalue weighted by Gasteiger charge is 2.34. The average molecular weight is 296 g/mol. The van der Waals surface area contributed by atoms with Crippen molar-refractivity contribution in [2.24, 2.45) is 17.6 Å². The molecule has 2 heteroatoms. The first kappa shape index (κ1) is 13.1.